The maximum atomic E-state index is 6.26. The van der Waals surface area contributed by atoms with E-state index in [1.807, 2.05) is 12.1 Å². The first kappa shape index (κ1) is 16.7. The highest BCUT2D eigenvalue weighted by Crippen LogP contribution is 2.28. The predicted octanol–water partition coefficient (Wildman–Crippen LogP) is 2.88. The molecule has 0 aliphatic heterocycles. The molecule has 1 aromatic carbocycles. The maximum absolute atomic E-state index is 6.26. The summed E-state index contributed by atoms with van der Waals surface area (Å²) in [5.41, 5.74) is 6.94. The smallest absolute Gasteiger partial charge is 0.0482 e. The number of nitrogens with zero attached hydrogens (tertiary/aromatic N) is 2. The number of hydrogen-bond acceptors (Lipinski definition) is 3. The molecule has 0 spiro atoms. The first-order chi connectivity index (χ1) is 8.95. The molecule has 0 saturated carbocycles. The summed E-state index contributed by atoms with van der Waals surface area (Å²) in [5.74, 6) is 0. The Labute approximate surface area is 126 Å². The number of nitrogens with two attached hydrogens (primary N) is 1. The maximum Gasteiger partial charge on any atom is 0.0482 e. The second-order valence-electron chi connectivity index (χ2n) is 5.05. The SMILES string of the molecule is CN(C)CCCN(C)C(CN)c1ccc(Cl)cc1Cl. The van der Waals surface area contributed by atoms with E-state index in [2.05, 4.69) is 30.9 Å². The van der Waals surface area contributed by atoms with E-state index in [4.69, 9.17) is 28.9 Å². The third-order valence-corrected chi connectivity index (χ3v) is 3.76. The lowest BCUT2D eigenvalue weighted by atomic mass is 10.1. The monoisotopic (exact) mass is 303 g/mol. The summed E-state index contributed by atoms with van der Waals surface area (Å²) in [5, 5.41) is 1.34. The fraction of sp³-hybridized carbons (Fsp3) is 0.571. The highest BCUT2D eigenvalue weighted by Gasteiger charge is 2.18. The average molecular weight is 304 g/mol. The second-order valence-corrected chi connectivity index (χ2v) is 5.90. The molecule has 0 aliphatic carbocycles. The lowest BCUT2D eigenvalue weighted by Crippen LogP contribution is -2.32. The van der Waals surface area contributed by atoms with Gasteiger partial charge in [0, 0.05) is 22.6 Å². The van der Waals surface area contributed by atoms with Crippen LogP contribution in [-0.4, -0.2) is 50.6 Å². The van der Waals surface area contributed by atoms with Gasteiger partial charge in [-0.1, -0.05) is 29.3 Å². The van der Waals surface area contributed by atoms with E-state index >= 15 is 0 Å². The Bertz CT molecular complexity index is 396. The minimum Gasteiger partial charge on any atom is -0.329 e. The van der Waals surface area contributed by atoms with Crippen molar-refractivity contribution in [2.75, 3.05) is 40.8 Å². The van der Waals surface area contributed by atoms with Crippen LogP contribution in [0.3, 0.4) is 0 Å². The van der Waals surface area contributed by atoms with Crippen LogP contribution < -0.4 is 5.73 Å². The third kappa shape index (κ3) is 5.28. The molecule has 0 heterocycles. The van der Waals surface area contributed by atoms with Gasteiger partial charge in [-0.15, -0.1) is 0 Å². The standard InChI is InChI=1S/C14H23Cl2N3/c1-18(2)7-4-8-19(3)14(10-17)12-6-5-11(15)9-13(12)16/h5-6,9,14H,4,7-8,10,17H2,1-3H3. The van der Waals surface area contributed by atoms with Crippen LogP contribution in [0, 0.1) is 0 Å². The van der Waals surface area contributed by atoms with E-state index in [-0.39, 0.29) is 6.04 Å². The average Bonchev–Trinajstić information content (AvgIpc) is 2.32. The molecule has 19 heavy (non-hydrogen) atoms. The number of hydrogen-bond donors (Lipinski definition) is 1. The van der Waals surface area contributed by atoms with Crippen LogP contribution in [0.2, 0.25) is 10.0 Å². The first-order valence-corrected chi connectivity index (χ1v) is 7.21. The summed E-state index contributed by atoms with van der Waals surface area (Å²) >= 11 is 12.2. The van der Waals surface area contributed by atoms with Crippen molar-refractivity contribution in [3.8, 4) is 0 Å². The van der Waals surface area contributed by atoms with Crippen LogP contribution >= 0.6 is 23.2 Å². The zero-order valence-corrected chi connectivity index (χ0v) is 13.4. The molecular weight excluding hydrogens is 281 g/mol. The number of benzene rings is 1. The molecule has 0 bridgehead atoms. The van der Waals surface area contributed by atoms with Crippen LogP contribution in [-0.2, 0) is 0 Å². The minimum absolute atomic E-state index is 0.131. The molecule has 1 unspecified atom stereocenters. The van der Waals surface area contributed by atoms with Gasteiger partial charge in [-0.2, -0.15) is 0 Å². The van der Waals surface area contributed by atoms with E-state index in [9.17, 15) is 0 Å². The van der Waals surface area contributed by atoms with Crippen molar-refractivity contribution in [1.29, 1.82) is 0 Å². The van der Waals surface area contributed by atoms with Gasteiger partial charge >= 0.3 is 0 Å². The fourth-order valence-corrected chi connectivity index (χ4v) is 2.64. The molecule has 0 amide bonds. The summed E-state index contributed by atoms with van der Waals surface area (Å²) in [7, 11) is 6.24. The molecule has 1 aromatic rings. The number of rotatable bonds is 7. The van der Waals surface area contributed by atoms with Crippen molar-refractivity contribution in [3.05, 3.63) is 33.8 Å². The van der Waals surface area contributed by atoms with Gasteiger partial charge in [-0.25, -0.2) is 0 Å². The molecule has 1 rings (SSSR count). The quantitative estimate of drug-likeness (QED) is 0.841. The molecule has 3 nitrogen and oxygen atoms in total. The summed E-state index contributed by atoms with van der Waals surface area (Å²) in [6.45, 7) is 2.59. The Morgan fingerprint density at radius 1 is 1.16 bits per heavy atom. The van der Waals surface area contributed by atoms with Gasteiger partial charge < -0.3 is 10.6 Å². The van der Waals surface area contributed by atoms with Crippen molar-refractivity contribution >= 4 is 23.2 Å². The predicted molar refractivity (Wildman–Crippen MR) is 84.1 cm³/mol. The largest absolute Gasteiger partial charge is 0.329 e. The van der Waals surface area contributed by atoms with Crippen molar-refractivity contribution in [2.45, 2.75) is 12.5 Å². The normalized spacial score (nSPS) is 13.3. The highest BCUT2D eigenvalue weighted by molar-refractivity contribution is 6.35. The Morgan fingerprint density at radius 2 is 1.84 bits per heavy atom. The third-order valence-electron chi connectivity index (χ3n) is 3.19. The van der Waals surface area contributed by atoms with E-state index in [0.717, 1.165) is 25.1 Å². The van der Waals surface area contributed by atoms with Gasteiger partial charge in [0.25, 0.3) is 0 Å². The summed E-state index contributed by atoms with van der Waals surface area (Å²) in [4.78, 5) is 4.43. The topological polar surface area (TPSA) is 32.5 Å². The molecule has 0 aromatic heterocycles. The van der Waals surface area contributed by atoms with E-state index in [1.165, 1.54) is 0 Å². The Balaban J connectivity index is 2.70. The first-order valence-electron chi connectivity index (χ1n) is 6.45. The second kappa shape index (κ2) is 8.08. The van der Waals surface area contributed by atoms with Gasteiger partial charge in [-0.3, -0.25) is 4.90 Å². The van der Waals surface area contributed by atoms with Gasteiger partial charge in [0.1, 0.15) is 0 Å². The lowest BCUT2D eigenvalue weighted by molar-refractivity contribution is 0.235. The van der Waals surface area contributed by atoms with Crippen molar-refractivity contribution in [2.24, 2.45) is 5.73 Å². The van der Waals surface area contributed by atoms with Crippen LogP contribution in [0.1, 0.15) is 18.0 Å². The van der Waals surface area contributed by atoms with E-state index in [0.29, 0.717) is 16.6 Å². The van der Waals surface area contributed by atoms with E-state index < -0.39 is 0 Å². The molecule has 108 valence electrons. The van der Waals surface area contributed by atoms with Gasteiger partial charge in [-0.05, 0) is 58.3 Å². The van der Waals surface area contributed by atoms with Crippen LogP contribution in [0.25, 0.3) is 0 Å². The molecule has 0 aliphatic rings. The number of halogens is 2. The lowest BCUT2D eigenvalue weighted by Gasteiger charge is -2.28. The van der Waals surface area contributed by atoms with Crippen LogP contribution in [0.4, 0.5) is 0 Å². The fourth-order valence-electron chi connectivity index (χ4n) is 2.11. The summed E-state index contributed by atoms with van der Waals surface area (Å²) in [6, 6.07) is 5.73. The Hall–Kier alpha value is -0.320. The Kier molecular flexibility index (Phi) is 7.11. The zero-order valence-electron chi connectivity index (χ0n) is 11.9. The Morgan fingerprint density at radius 3 is 2.37 bits per heavy atom. The molecule has 1 atom stereocenters. The minimum atomic E-state index is 0.131. The molecular formula is C14H23Cl2N3. The highest BCUT2D eigenvalue weighted by atomic mass is 35.5. The van der Waals surface area contributed by atoms with Crippen molar-refractivity contribution in [3.63, 3.8) is 0 Å². The molecule has 5 heteroatoms. The van der Waals surface area contributed by atoms with E-state index in [1.54, 1.807) is 6.07 Å². The summed E-state index contributed by atoms with van der Waals surface area (Å²) in [6.07, 6.45) is 1.10. The zero-order chi connectivity index (χ0) is 14.4. The van der Waals surface area contributed by atoms with Gasteiger partial charge in [0.05, 0.1) is 0 Å². The van der Waals surface area contributed by atoms with Crippen molar-refractivity contribution in [1.82, 2.24) is 9.80 Å². The molecule has 0 radical (unpaired) electrons. The van der Waals surface area contributed by atoms with Crippen molar-refractivity contribution < 1.29 is 0 Å². The summed E-state index contributed by atoms with van der Waals surface area (Å²) < 4.78 is 0. The van der Waals surface area contributed by atoms with Gasteiger partial charge in [0.2, 0.25) is 0 Å². The van der Waals surface area contributed by atoms with Crippen LogP contribution in [0.5, 0.6) is 0 Å². The molecule has 0 saturated heterocycles. The van der Waals surface area contributed by atoms with Crippen LogP contribution in [0.15, 0.2) is 18.2 Å². The number of likely N-dealkylation sites (N-methyl/N-ethyl adjacent to an activating group) is 1. The molecule has 2 N–H and O–H groups in total. The van der Waals surface area contributed by atoms with Gasteiger partial charge in [0.15, 0.2) is 0 Å². The molecule has 0 fully saturated rings.